The van der Waals surface area contributed by atoms with Crippen LogP contribution in [0.25, 0.3) is 0 Å². The maximum atomic E-state index is 5.64. The first kappa shape index (κ1) is 17.0. The average Bonchev–Trinajstić information content (AvgIpc) is 2.35. The van der Waals surface area contributed by atoms with Gasteiger partial charge in [-0.1, -0.05) is 31.5 Å². The summed E-state index contributed by atoms with van der Waals surface area (Å²) >= 11 is 0. The van der Waals surface area contributed by atoms with Gasteiger partial charge in [-0.25, -0.2) is 0 Å². The minimum Gasteiger partial charge on any atom is -0.377 e. The Hall–Kier alpha value is -1.06. The van der Waals surface area contributed by atoms with Crippen LogP contribution in [0.1, 0.15) is 38.8 Å². The molecule has 0 fully saturated rings. The van der Waals surface area contributed by atoms with E-state index in [4.69, 9.17) is 4.74 Å². The largest absolute Gasteiger partial charge is 0.377 e. The minimum absolute atomic E-state index is 0.295. The molecule has 1 N–H and O–H groups in total. The van der Waals surface area contributed by atoms with Gasteiger partial charge in [0, 0.05) is 31.9 Å². The Morgan fingerprint density at radius 2 is 1.90 bits per heavy atom. The number of aryl methyl sites for hydroxylation is 1. The van der Waals surface area contributed by atoms with Crippen LogP contribution < -0.4 is 10.2 Å². The maximum absolute atomic E-state index is 5.64. The lowest BCUT2D eigenvalue weighted by molar-refractivity contribution is 0.0846. The van der Waals surface area contributed by atoms with E-state index in [1.807, 2.05) is 0 Å². The molecule has 0 aliphatic rings. The molecule has 0 aliphatic heterocycles. The topological polar surface area (TPSA) is 24.5 Å². The summed E-state index contributed by atoms with van der Waals surface area (Å²) in [5, 5.41) is 3.50. The summed E-state index contributed by atoms with van der Waals surface area (Å²) in [5.74, 6) is 0. The van der Waals surface area contributed by atoms with Gasteiger partial charge in [0.2, 0.25) is 0 Å². The summed E-state index contributed by atoms with van der Waals surface area (Å²) in [6.07, 6.45) is 0.295. The number of benzene rings is 1. The predicted molar refractivity (Wildman–Crippen MR) is 87.5 cm³/mol. The van der Waals surface area contributed by atoms with Crippen LogP contribution >= 0.6 is 0 Å². The van der Waals surface area contributed by atoms with Crippen LogP contribution in [0.3, 0.4) is 0 Å². The molecule has 0 amide bonds. The molecule has 0 radical (unpaired) electrons. The van der Waals surface area contributed by atoms with Gasteiger partial charge in [0.15, 0.2) is 0 Å². The average molecular weight is 278 g/mol. The SMILES string of the molecule is Cc1ccc(N(C)CCOC(C)C)c(CNC(C)C)c1. The van der Waals surface area contributed by atoms with E-state index in [-0.39, 0.29) is 0 Å². The molecule has 20 heavy (non-hydrogen) atoms. The molecular formula is C17H30N2O. The van der Waals surface area contributed by atoms with Crippen LogP contribution in [0.15, 0.2) is 18.2 Å². The summed E-state index contributed by atoms with van der Waals surface area (Å²) in [7, 11) is 2.13. The number of rotatable bonds is 8. The van der Waals surface area contributed by atoms with Crippen molar-refractivity contribution in [1.82, 2.24) is 5.32 Å². The molecule has 0 bridgehead atoms. The summed E-state index contributed by atoms with van der Waals surface area (Å²) < 4.78 is 5.64. The summed E-state index contributed by atoms with van der Waals surface area (Å²) in [5.41, 5.74) is 3.95. The number of hydrogen-bond acceptors (Lipinski definition) is 3. The van der Waals surface area contributed by atoms with Crippen molar-refractivity contribution in [3.05, 3.63) is 29.3 Å². The van der Waals surface area contributed by atoms with Crippen LogP contribution in [0, 0.1) is 6.92 Å². The highest BCUT2D eigenvalue weighted by atomic mass is 16.5. The van der Waals surface area contributed by atoms with Crippen molar-refractivity contribution in [2.24, 2.45) is 0 Å². The van der Waals surface area contributed by atoms with E-state index >= 15 is 0 Å². The van der Waals surface area contributed by atoms with E-state index < -0.39 is 0 Å². The van der Waals surface area contributed by atoms with Crippen LogP contribution in [-0.2, 0) is 11.3 Å². The van der Waals surface area contributed by atoms with Crippen LogP contribution in [0.4, 0.5) is 5.69 Å². The number of likely N-dealkylation sites (N-methyl/N-ethyl adjacent to an activating group) is 1. The van der Waals surface area contributed by atoms with E-state index in [2.05, 4.69) is 70.1 Å². The molecule has 3 nitrogen and oxygen atoms in total. The Morgan fingerprint density at radius 1 is 1.20 bits per heavy atom. The third-order valence-electron chi connectivity index (χ3n) is 3.22. The lowest BCUT2D eigenvalue weighted by Crippen LogP contribution is -2.27. The van der Waals surface area contributed by atoms with E-state index in [9.17, 15) is 0 Å². The van der Waals surface area contributed by atoms with E-state index in [1.165, 1.54) is 16.8 Å². The fraction of sp³-hybridized carbons (Fsp3) is 0.647. The van der Waals surface area contributed by atoms with Gasteiger partial charge in [0.05, 0.1) is 12.7 Å². The molecular weight excluding hydrogens is 248 g/mol. The molecule has 0 saturated carbocycles. The van der Waals surface area contributed by atoms with Crippen molar-refractivity contribution >= 4 is 5.69 Å². The number of nitrogens with one attached hydrogen (secondary N) is 1. The summed E-state index contributed by atoms with van der Waals surface area (Å²) in [6, 6.07) is 7.15. The second kappa shape index (κ2) is 8.28. The lowest BCUT2D eigenvalue weighted by atomic mass is 10.1. The highest BCUT2D eigenvalue weighted by Crippen LogP contribution is 2.21. The van der Waals surface area contributed by atoms with Crippen molar-refractivity contribution in [1.29, 1.82) is 0 Å². The Labute approximate surface area is 124 Å². The Kier molecular flexibility index (Phi) is 7.03. The van der Waals surface area contributed by atoms with Gasteiger partial charge in [-0.3, -0.25) is 0 Å². The molecule has 1 aromatic carbocycles. The van der Waals surface area contributed by atoms with Gasteiger partial charge in [-0.05, 0) is 32.4 Å². The summed E-state index contributed by atoms with van der Waals surface area (Å²) in [6.45, 7) is 13.2. The van der Waals surface area contributed by atoms with E-state index in [1.54, 1.807) is 0 Å². The van der Waals surface area contributed by atoms with Gasteiger partial charge < -0.3 is 15.0 Å². The monoisotopic (exact) mass is 278 g/mol. The van der Waals surface area contributed by atoms with Gasteiger partial charge in [-0.15, -0.1) is 0 Å². The number of hydrogen-bond donors (Lipinski definition) is 1. The standard InChI is InChI=1S/C17H30N2O/c1-13(2)18-12-16-11-15(5)7-8-17(16)19(6)9-10-20-14(3)4/h7-8,11,13-14,18H,9-10,12H2,1-6H3. The normalized spacial score (nSPS) is 11.4. The highest BCUT2D eigenvalue weighted by Gasteiger charge is 2.08. The molecule has 0 spiro atoms. The minimum atomic E-state index is 0.295. The Bertz CT molecular complexity index is 402. The van der Waals surface area contributed by atoms with Crippen molar-refractivity contribution in [2.45, 2.75) is 53.3 Å². The Balaban J connectivity index is 2.71. The third kappa shape index (κ3) is 5.93. The molecule has 0 heterocycles. The van der Waals surface area contributed by atoms with Crippen LogP contribution in [0.2, 0.25) is 0 Å². The van der Waals surface area contributed by atoms with Crippen molar-refractivity contribution < 1.29 is 4.74 Å². The molecule has 0 atom stereocenters. The van der Waals surface area contributed by atoms with Gasteiger partial charge in [-0.2, -0.15) is 0 Å². The van der Waals surface area contributed by atoms with Crippen LogP contribution in [0.5, 0.6) is 0 Å². The molecule has 0 unspecified atom stereocenters. The first-order chi connectivity index (χ1) is 9.40. The summed E-state index contributed by atoms with van der Waals surface area (Å²) in [4.78, 5) is 2.28. The van der Waals surface area contributed by atoms with Gasteiger partial charge in [0.25, 0.3) is 0 Å². The molecule has 0 aliphatic carbocycles. The molecule has 1 aromatic rings. The first-order valence-corrected chi connectivity index (χ1v) is 7.55. The maximum Gasteiger partial charge on any atom is 0.0644 e. The van der Waals surface area contributed by atoms with Crippen molar-refractivity contribution in [2.75, 3.05) is 25.1 Å². The lowest BCUT2D eigenvalue weighted by Gasteiger charge is -2.24. The zero-order valence-electron chi connectivity index (χ0n) is 13.9. The predicted octanol–water partition coefficient (Wildman–Crippen LogP) is 3.35. The molecule has 3 heteroatoms. The van der Waals surface area contributed by atoms with Crippen molar-refractivity contribution in [3.8, 4) is 0 Å². The molecule has 114 valence electrons. The van der Waals surface area contributed by atoms with E-state index in [0.717, 1.165) is 19.7 Å². The molecule has 0 saturated heterocycles. The fourth-order valence-corrected chi connectivity index (χ4v) is 2.09. The zero-order valence-corrected chi connectivity index (χ0v) is 13.9. The second-order valence-electron chi connectivity index (χ2n) is 6.01. The fourth-order valence-electron chi connectivity index (χ4n) is 2.09. The smallest absolute Gasteiger partial charge is 0.0644 e. The quantitative estimate of drug-likeness (QED) is 0.789. The Morgan fingerprint density at radius 3 is 2.50 bits per heavy atom. The van der Waals surface area contributed by atoms with Crippen LogP contribution in [-0.4, -0.2) is 32.3 Å². The number of anilines is 1. The third-order valence-corrected chi connectivity index (χ3v) is 3.22. The molecule has 0 aromatic heterocycles. The second-order valence-corrected chi connectivity index (χ2v) is 6.01. The number of ether oxygens (including phenoxy) is 1. The number of nitrogens with zero attached hydrogens (tertiary/aromatic N) is 1. The van der Waals surface area contributed by atoms with Gasteiger partial charge in [0.1, 0.15) is 0 Å². The van der Waals surface area contributed by atoms with Gasteiger partial charge >= 0.3 is 0 Å². The zero-order chi connectivity index (χ0) is 15.1. The van der Waals surface area contributed by atoms with E-state index in [0.29, 0.717) is 12.1 Å². The molecule has 1 rings (SSSR count). The first-order valence-electron chi connectivity index (χ1n) is 7.55. The highest BCUT2D eigenvalue weighted by molar-refractivity contribution is 5.54. The van der Waals surface area contributed by atoms with Crippen molar-refractivity contribution in [3.63, 3.8) is 0 Å².